The van der Waals surface area contributed by atoms with E-state index in [2.05, 4.69) is 72.4 Å². The number of allylic oxidation sites excluding steroid dienone is 4. The second-order valence-electron chi connectivity index (χ2n) is 9.78. The lowest BCUT2D eigenvalue weighted by Gasteiger charge is -2.30. The van der Waals surface area contributed by atoms with E-state index in [1.807, 2.05) is 6.08 Å². The molecule has 1 aliphatic rings. The molecule has 1 nitrogen and oxygen atoms in total. The summed E-state index contributed by atoms with van der Waals surface area (Å²) in [6, 6.07) is 4.67. The van der Waals surface area contributed by atoms with Crippen molar-refractivity contribution in [3.05, 3.63) is 58.7 Å². The van der Waals surface area contributed by atoms with Crippen molar-refractivity contribution in [1.82, 2.24) is 0 Å². The molecule has 148 valence electrons. The predicted molar refractivity (Wildman–Crippen MR) is 120 cm³/mol. The maximum absolute atomic E-state index is 5.91. The molecule has 0 bridgehead atoms. The first kappa shape index (κ1) is 21.5. The zero-order chi connectivity index (χ0) is 20.2. The Morgan fingerprint density at radius 2 is 1.44 bits per heavy atom. The molecule has 1 fully saturated rings. The van der Waals surface area contributed by atoms with Gasteiger partial charge in [-0.15, -0.1) is 6.58 Å². The molecule has 0 atom stereocenters. The molecule has 1 aromatic carbocycles. The van der Waals surface area contributed by atoms with Gasteiger partial charge in [-0.1, -0.05) is 59.8 Å². The number of rotatable bonds is 4. The lowest BCUT2D eigenvalue weighted by atomic mass is 9.78. The first-order valence-corrected chi connectivity index (χ1v) is 10.3. The van der Waals surface area contributed by atoms with Gasteiger partial charge in [-0.05, 0) is 71.8 Å². The molecule has 1 aliphatic carbocycles. The van der Waals surface area contributed by atoms with Crippen LogP contribution in [0.4, 0.5) is 0 Å². The third-order valence-electron chi connectivity index (χ3n) is 5.36. The highest BCUT2D eigenvalue weighted by Gasteiger charge is 2.27. The standard InChI is InChI=1S/C26H38O/c1-9-10-13-20-14-11-12-15-21(20)16-19-17-22(25(2,3)4)24(27-8)23(18-19)26(5,6)7/h9,13,16-18H,1,10-12,14-15H2,2-8H3/b20-13+,21-16-. The molecule has 1 heteroatoms. The van der Waals surface area contributed by atoms with Crippen molar-refractivity contribution < 1.29 is 4.74 Å². The predicted octanol–water partition coefficient (Wildman–Crippen LogP) is 7.75. The van der Waals surface area contributed by atoms with Crippen molar-refractivity contribution in [3.63, 3.8) is 0 Å². The van der Waals surface area contributed by atoms with E-state index in [0.717, 1.165) is 12.2 Å². The first-order valence-electron chi connectivity index (χ1n) is 10.3. The largest absolute Gasteiger partial charge is 0.496 e. The Balaban J connectivity index is 2.64. The van der Waals surface area contributed by atoms with Crippen LogP contribution in [0, 0.1) is 0 Å². The quantitative estimate of drug-likeness (QED) is 0.495. The van der Waals surface area contributed by atoms with Crippen LogP contribution in [0.3, 0.4) is 0 Å². The van der Waals surface area contributed by atoms with Crippen molar-refractivity contribution in [2.24, 2.45) is 0 Å². The van der Waals surface area contributed by atoms with Gasteiger partial charge in [0.15, 0.2) is 0 Å². The number of hydrogen-bond donors (Lipinski definition) is 0. The third-order valence-corrected chi connectivity index (χ3v) is 5.36. The number of ether oxygens (including phenoxy) is 1. The SMILES string of the molecule is C=CC/C=C1\CCCC\C1=C\c1cc(C(C)(C)C)c(OC)c(C(C)(C)C)c1. The van der Waals surface area contributed by atoms with Crippen LogP contribution in [0.2, 0.25) is 0 Å². The summed E-state index contributed by atoms with van der Waals surface area (Å²) in [5, 5.41) is 0. The summed E-state index contributed by atoms with van der Waals surface area (Å²) >= 11 is 0. The average molecular weight is 367 g/mol. The molecular formula is C26H38O. The van der Waals surface area contributed by atoms with Gasteiger partial charge in [0.2, 0.25) is 0 Å². The molecule has 0 radical (unpaired) electrons. The summed E-state index contributed by atoms with van der Waals surface area (Å²) in [6.07, 6.45) is 12.7. The zero-order valence-corrected chi connectivity index (χ0v) is 18.5. The maximum Gasteiger partial charge on any atom is 0.126 e. The summed E-state index contributed by atoms with van der Waals surface area (Å²) < 4.78 is 5.91. The van der Waals surface area contributed by atoms with E-state index in [1.54, 1.807) is 7.11 Å². The second-order valence-corrected chi connectivity index (χ2v) is 9.78. The highest BCUT2D eigenvalue weighted by Crippen LogP contribution is 2.41. The van der Waals surface area contributed by atoms with Crippen molar-refractivity contribution in [2.75, 3.05) is 7.11 Å². The summed E-state index contributed by atoms with van der Waals surface area (Å²) in [5.41, 5.74) is 6.95. The first-order chi connectivity index (χ1) is 12.6. The molecule has 0 aliphatic heterocycles. The molecule has 1 aromatic rings. The molecular weight excluding hydrogens is 328 g/mol. The van der Waals surface area contributed by atoms with Gasteiger partial charge in [-0.25, -0.2) is 0 Å². The fraction of sp³-hybridized carbons (Fsp3) is 0.538. The Morgan fingerprint density at radius 1 is 0.926 bits per heavy atom. The second kappa shape index (κ2) is 8.50. The van der Waals surface area contributed by atoms with Gasteiger partial charge in [-0.3, -0.25) is 0 Å². The molecule has 0 amide bonds. The maximum atomic E-state index is 5.91. The average Bonchev–Trinajstić information content (AvgIpc) is 2.58. The number of methoxy groups -OCH3 is 1. The van der Waals surface area contributed by atoms with E-state index in [0.29, 0.717) is 0 Å². The highest BCUT2D eigenvalue weighted by atomic mass is 16.5. The van der Waals surface area contributed by atoms with E-state index < -0.39 is 0 Å². The lowest BCUT2D eigenvalue weighted by Crippen LogP contribution is -2.19. The fourth-order valence-electron chi connectivity index (χ4n) is 3.85. The van der Waals surface area contributed by atoms with Gasteiger partial charge in [-0.2, -0.15) is 0 Å². The fourth-order valence-corrected chi connectivity index (χ4v) is 3.85. The van der Waals surface area contributed by atoms with Gasteiger partial charge < -0.3 is 4.74 Å². The van der Waals surface area contributed by atoms with Crippen LogP contribution in [0.5, 0.6) is 5.75 Å². The minimum Gasteiger partial charge on any atom is -0.496 e. The van der Waals surface area contributed by atoms with E-state index in [-0.39, 0.29) is 10.8 Å². The van der Waals surface area contributed by atoms with Crippen LogP contribution in [0.15, 0.2) is 42.0 Å². The lowest BCUT2D eigenvalue weighted by molar-refractivity contribution is 0.381. The van der Waals surface area contributed by atoms with Gasteiger partial charge >= 0.3 is 0 Å². The Kier molecular flexibility index (Phi) is 6.78. The molecule has 0 saturated heterocycles. The Labute approximate surface area is 167 Å². The summed E-state index contributed by atoms with van der Waals surface area (Å²) in [4.78, 5) is 0. The minimum absolute atomic E-state index is 0.0356. The van der Waals surface area contributed by atoms with E-state index in [4.69, 9.17) is 4.74 Å². The number of hydrogen-bond acceptors (Lipinski definition) is 1. The van der Waals surface area contributed by atoms with Crippen molar-refractivity contribution in [1.29, 1.82) is 0 Å². The Hall–Kier alpha value is -1.76. The summed E-state index contributed by atoms with van der Waals surface area (Å²) in [7, 11) is 1.80. The molecule has 0 heterocycles. The van der Waals surface area contributed by atoms with E-state index in [9.17, 15) is 0 Å². The Morgan fingerprint density at radius 3 is 1.89 bits per heavy atom. The minimum atomic E-state index is 0.0356. The van der Waals surface area contributed by atoms with Gasteiger partial charge in [0.05, 0.1) is 7.11 Å². The Bertz CT molecular complexity index is 697. The van der Waals surface area contributed by atoms with Gasteiger partial charge in [0, 0.05) is 11.1 Å². The smallest absolute Gasteiger partial charge is 0.126 e. The van der Waals surface area contributed by atoms with Crippen LogP contribution < -0.4 is 4.74 Å². The molecule has 0 aromatic heterocycles. The normalized spacial score (nSPS) is 18.8. The molecule has 0 spiro atoms. The van der Waals surface area contributed by atoms with Crippen molar-refractivity contribution >= 4 is 6.08 Å². The number of benzene rings is 1. The van der Waals surface area contributed by atoms with E-state index in [1.165, 1.54) is 53.5 Å². The van der Waals surface area contributed by atoms with Crippen LogP contribution in [-0.2, 0) is 10.8 Å². The highest BCUT2D eigenvalue weighted by molar-refractivity contribution is 5.64. The summed E-state index contributed by atoms with van der Waals surface area (Å²) in [6.45, 7) is 17.5. The van der Waals surface area contributed by atoms with Gasteiger partial charge in [0.1, 0.15) is 5.75 Å². The molecule has 27 heavy (non-hydrogen) atoms. The topological polar surface area (TPSA) is 9.23 Å². The molecule has 2 rings (SSSR count). The molecule has 0 N–H and O–H groups in total. The van der Waals surface area contributed by atoms with Crippen LogP contribution in [0.1, 0.15) is 90.3 Å². The van der Waals surface area contributed by atoms with Crippen LogP contribution >= 0.6 is 0 Å². The van der Waals surface area contributed by atoms with Crippen LogP contribution in [0.25, 0.3) is 6.08 Å². The van der Waals surface area contributed by atoms with Crippen LogP contribution in [-0.4, -0.2) is 7.11 Å². The monoisotopic (exact) mass is 366 g/mol. The molecule has 0 unspecified atom stereocenters. The summed E-state index contributed by atoms with van der Waals surface area (Å²) in [5.74, 6) is 1.04. The van der Waals surface area contributed by atoms with Crippen molar-refractivity contribution in [2.45, 2.75) is 84.5 Å². The molecule has 1 saturated carbocycles. The van der Waals surface area contributed by atoms with E-state index >= 15 is 0 Å². The third kappa shape index (κ3) is 5.37. The van der Waals surface area contributed by atoms with Gasteiger partial charge in [0.25, 0.3) is 0 Å². The zero-order valence-electron chi connectivity index (χ0n) is 18.5. The van der Waals surface area contributed by atoms with Crippen molar-refractivity contribution in [3.8, 4) is 5.75 Å².